The van der Waals surface area contributed by atoms with Crippen LogP contribution in [0.2, 0.25) is 0 Å². The van der Waals surface area contributed by atoms with E-state index in [-0.39, 0.29) is 0 Å². The number of allylic oxidation sites excluding steroid dienone is 1. The highest BCUT2D eigenvalue weighted by Crippen LogP contribution is 2.09. The number of hydrogen-bond donors (Lipinski definition) is 0. The van der Waals surface area contributed by atoms with E-state index in [1.165, 1.54) is 42.4 Å². The van der Waals surface area contributed by atoms with Gasteiger partial charge in [-0.15, -0.1) is 0 Å². The molecule has 0 saturated carbocycles. The summed E-state index contributed by atoms with van der Waals surface area (Å²) in [6.45, 7) is 2.14. The van der Waals surface area contributed by atoms with Crippen molar-refractivity contribution >= 4 is 6.08 Å². The third-order valence-corrected chi connectivity index (χ3v) is 3.32. The second-order valence-corrected chi connectivity index (χ2v) is 5.04. The Hall–Kier alpha value is -1.82. The van der Waals surface area contributed by atoms with Crippen LogP contribution in [0.5, 0.6) is 0 Å². The topological polar surface area (TPSA) is 0 Å². The lowest BCUT2D eigenvalue weighted by molar-refractivity contribution is 0.748. The Kier molecular flexibility index (Phi) is 5.43. The molecular weight excluding hydrogens is 228 g/mol. The molecule has 0 saturated heterocycles. The third kappa shape index (κ3) is 5.13. The molecule has 2 aromatic rings. The van der Waals surface area contributed by atoms with E-state index >= 15 is 0 Å². The summed E-state index contributed by atoms with van der Waals surface area (Å²) >= 11 is 0. The number of rotatable bonds is 6. The van der Waals surface area contributed by atoms with Crippen molar-refractivity contribution < 1.29 is 0 Å². The standard InChI is InChI=1S/C19H22/c1-17-13-15-19(16-14-17)12-6-3-2-5-9-18-10-7-4-8-11-18/h4-5,7-11,13-16H,2-3,6,12H2,1H3/b9-5+. The van der Waals surface area contributed by atoms with Crippen molar-refractivity contribution in [3.05, 3.63) is 77.4 Å². The predicted molar refractivity (Wildman–Crippen MR) is 84.2 cm³/mol. The highest BCUT2D eigenvalue weighted by Gasteiger charge is 1.92. The van der Waals surface area contributed by atoms with Gasteiger partial charge in [0.25, 0.3) is 0 Å². The predicted octanol–water partition coefficient (Wildman–Crippen LogP) is 5.42. The second-order valence-electron chi connectivity index (χ2n) is 5.04. The van der Waals surface area contributed by atoms with Gasteiger partial charge in [-0.1, -0.05) is 72.3 Å². The van der Waals surface area contributed by atoms with Gasteiger partial charge in [0.15, 0.2) is 0 Å². The molecule has 0 heterocycles. The fraction of sp³-hybridized carbons (Fsp3) is 0.263. The van der Waals surface area contributed by atoms with Crippen LogP contribution in [-0.4, -0.2) is 0 Å². The van der Waals surface area contributed by atoms with Crippen LogP contribution in [0.15, 0.2) is 60.7 Å². The van der Waals surface area contributed by atoms with Gasteiger partial charge in [-0.25, -0.2) is 0 Å². The first kappa shape index (κ1) is 13.6. The van der Waals surface area contributed by atoms with Gasteiger partial charge in [-0.2, -0.15) is 0 Å². The van der Waals surface area contributed by atoms with Crippen molar-refractivity contribution in [2.24, 2.45) is 0 Å². The summed E-state index contributed by atoms with van der Waals surface area (Å²) in [5.41, 5.74) is 4.09. The van der Waals surface area contributed by atoms with Crippen LogP contribution < -0.4 is 0 Å². The molecule has 0 aliphatic heterocycles. The lowest BCUT2D eigenvalue weighted by Gasteiger charge is -2.01. The molecule has 0 nitrogen and oxygen atoms in total. The first-order valence-corrected chi connectivity index (χ1v) is 7.12. The van der Waals surface area contributed by atoms with E-state index in [9.17, 15) is 0 Å². The maximum absolute atomic E-state index is 2.28. The Bertz CT molecular complexity index is 491. The Morgan fingerprint density at radius 3 is 2.32 bits per heavy atom. The summed E-state index contributed by atoms with van der Waals surface area (Å²) in [5.74, 6) is 0. The molecule has 0 aliphatic rings. The molecule has 2 rings (SSSR count). The summed E-state index contributed by atoms with van der Waals surface area (Å²) < 4.78 is 0. The molecule has 0 amide bonds. The van der Waals surface area contributed by atoms with E-state index in [2.05, 4.69) is 73.7 Å². The maximum atomic E-state index is 2.28. The van der Waals surface area contributed by atoms with Crippen molar-refractivity contribution in [2.45, 2.75) is 32.6 Å². The van der Waals surface area contributed by atoms with Gasteiger partial charge < -0.3 is 0 Å². The van der Waals surface area contributed by atoms with E-state index in [1.807, 2.05) is 0 Å². The van der Waals surface area contributed by atoms with Gasteiger partial charge in [0, 0.05) is 0 Å². The van der Waals surface area contributed by atoms with E-state index in [0.29, 0.717) is 0 Å². The molecule has 0 unspecified atom stereocenters. The van der Waals surface area contributed by atoms with Crippen molar-refractivity contribution in [3.63, 3.8) is 0 Å². The summed E-state index contributed by atoms with van der Waals surface area (Å²) in [7, 11) is 0. The molecule has 0 N–H and O–H groups in total. The van der Waals surface area contributed by atoms with Gasteiger partial charge in [0.05, 0.1) is 0 Å². The zero-order valence-electron chi connectivity index (χ0n) is 11.7. The average molecular weight is 250 g/mol. The second kappa shape index (κ2) is 7.58. The Labute approximate surface area is 116 Å². The molecule has 0 radical (unpaired) electrons. The van der Waals surface area contributed by atoms with Gasteiger partial charge >= 0.3 is 0 Å². The normalized spacial score (nSPS) is 11.0. The fourth-order valence-corrected chi connectivity index (χ4v) is 2.13. The molecule has 0 bridgehead atoms. The molecule has 98 valence electrons. The van der Waals surface area contributed by atoms with Crippen LogP contribution in [-0.2, 0) is 6.42 Å². The average Bonchev–Trinajstić information content (AvgIpc) is 2.46. The van der Waals surface area contributed by atoms with Crippen LogP contribution in [0, 0.1) is 6.92 Å². The van der Waals surface area contributed by atoms with Crippen molar-refractivity contribution in [3.8, 4) is 0 Å². The van der Waals surface area contributed by atoms with Gasteiger partial charge in [-0.3, -0.25) is 0 Å². The molecule has 0 aliphatic carbocycles. The number of unbranched alkanes of at least 4 members (excludes halogenated alkanes) is 2. The molecule has 0 heteroatoms. The van der Waals surface area contributed by atoms with E-state index < -0.39 is 0 Å². The van der Waals surface area contributed by atoms with Crippen LogP contribution >= 0.6 is 0 Å². The minimum Gasteiger partial charge on any atom is -0.0839 e. The molecule has 0 spiro atoms. The fourth-order valence-electron chi connectivity index (χ4n) is 2.13. The smallest absolute Gasteiger partial charge is 0.0260 e. The Morgan fingerprint density at radius 2 is 1.58 bits per heavy atom. The van der Waals surface area contributed by atoms with Crippen molar-refractivity contribution in [1.29, 1.82) is 0 Å². The lowest BCUT2D eigenvalue weighted by atomic mass is 10.1. The highest BCUT2D eigenvalue weighted by molar-refractivity contribution is 5.48. The van der Waals surface area contributed by atoms with Crippen molar-refractivity contribution in [1.82, 2.24) is 0 Å². The van der Waals surface area contributed by atoms with Crippen LogP contribution in [0.25, 0.3) is 6.08 Å². The summed E-state index contributed by atoms with van der Waals surface area (Å²) in [4.78, 5) is 0. The number of hydrogen-bond acceptors (Lipinski definition) is 0. The molecule has 19 heavy (non-hydrogen) atoms. The monoisotopic (exact) mass is 250 g/mol. The minimum atomic E-state index is 1.17. The van der Waals surface area contributed by atoms with Crippen LogP contribution in [0.4, 0.5) is 0 Å². The summed E-state index contributed by atoms with van der Waals surface area (Å²) in [6.07, 6.45) is 9.38. The Balaban J connectivity index is 1.65. The molecule has 2 aromatic carbocycles. The third-order valence-electron chi connectivity index (χ3n) is 3.32. The Morgan fingerprint density at radius 1 is 0.842 bits per heavy atom. The number of benzene rings is 2. The minimum absolute atomic E-state index is 1.17. The molecule has 0 fully saturated rings. The van der Waals surface area contributed by atoms with E-state index in [1.54, 1.807) is 0 Å². The first-order chi connectivity index (χ1) is 9.34. The zero-order valence-corrected chi connectivity index (χ0v) is 11.7. The quantitative estimate of drug-likeness (QED) is 0.600. The molecule has 0 aromatic heterocycles. The maximum Gasteiger partial charge on any atom is -0.0260 e. The SMILES string of the molecule is Cc1ccc(CCCC/C=C/c2ccccc2)cc1. The zero-order chi connectivity index (χ0) is 13.3. The van der Waals surface area contributed by atoms with Gasteiger partial charge in [-0.05, 0) is 43.7 Å². The number of aryl methyl sites for hydroxylation is 2. The first-order valence-electron chi connectivity index (χ1n) is 7.12. The van der Waals surface area contributed by atoms with E-state index in [0.717, 1.165) is 0 Å². The molecule has 0 atom stereocenters. The van der Waals surface area contributed by atoms with Crippen LogP contribution in [0.3, 0.4) is 0 Å². The van der Waals surface area contributed by atoms with Gasteiger partial charge in [0.2, 0.25) is 0 Å². The van der Waals surface area contributed by atoms with Gasteiger partial charge in [0.1, 0.15) is 0 Å². The van der Waals surface area contributed by atoms with E-state index in [4.69, 9.17) is 0 Å². The lowest BCUT2D eigenvalue weighted by Crippen LogP contribution is -1.85. The largest absolute Gasteiger partial charge is 0.0839 e. The van der Waals surface area contributed by atoms with Crippen LogP contribution in [0.1, 0.15) is 36.0 Å². The molecular formula is C19H22. The summed E-state index contributed by atoms with van der Waals surface area (Å²) in [6, 6.07) is 19.4. The summed E-state index contributed by atoms with van der Waals surface area (Å²) in [5, 5.41) is 0. The highest BCUT2D eigenvalue weighted by atomic mass is 14.0. The van der Waals surface area contributed by atoms with Crippen molar-refractivity contribution in [2.75, 3.05) is 0 Å².